The van der Waals surface area contributed by atoms with E-state index in [1.807, 2.05) is 39.0 Å². The molecule has 0 amide bonds. The Morgan fingerprint density at radius 3 is 2.58 bits per heavy atom. The number of aromatic nitrogens is 1. The van der Waals surface area contributed by atoms with Gasteiger partial charge >= 0.3 is 0 Å². The van der Waals surface area contributed by atoms with Crippen LogP contribution in [0.3, 0.4) is 0 Å². The number of aryl methyl sites for hydroxylation is 3. The third-order valence-corrected chi connectivity index (χ3v) is 2.84. The second-order valence-corrected chi connectivity index (χ2v) is 4.50. The van der Waals surface area contributed by atoms with E-state index in [0.29, 0.717) is 22.9 Å². The summed E-state index contributed by atoms with van der Waals surface area (Å²) in [6, 6.07) is 9.40. The van der Waals surface area contributed by atoms with E-state index < -0.39 is 0 Å². The van der Waals surface area contributed by atoms with E-state index in [9.17, 15) is 5.26 Å². The Labute approximate surface area is 112 Å². The number of anilines is 1. The summed E-state index contributed by atoms with van der Waals surface area (Å²) < 4.78 is 5.76. The fourth-order valence-electron chi connectivity index (χ4n) is 1.84. The highest BCUT2D eigenvalue weighted by atomic mass is 16.5. The summed E-state index contributed by atoms with van der Waals surface area (Å²) in [7, 11) is 0. The van der Waals surface area contributed by atoms with Crippen molar-refractivity contribution in [1.29, 1.82) is 5.26 Å². The first kappa shape index (κ1) is 12.9. The summed E-state index contributed by atoms with van der Waals surface area (Å²) in [6.07, 6.45) is 0. The molecule has 0 saturated carbocycles. The summed E-state index contributed by atoms with van der Waals surface area (Å²) in [4.78, 5) is 4.29. The van der Waals surface area contributed by atoms with Gasteiger partial charge in [-0.1, -0.05) is 6.07 Å². The van der Waals surface area contributed by atoms with E-state index in [-0.39, 0.29) is 0 Å². The van der Waals surface area contributed by atoms with Crippen LogP contribution in [-0.4, -0.2) is 4.98 Å². The van der Waals surface area contributed by atoms with Crippen molar-refractivity contribution in [2.75, 3.05) is 5.73 Å². The Bertz CT molecular complexity index is 672. The van der Waals surface area contributed by atoms with Gasteiger partial charge in [0, 0.05) is 17.4 Å². The number of hydrogen-bond donors (Lipinski definition) is 1. The van der Waals surface area contributed by atoms with Crippen LogP contribution >= 0.6 is 0 Å². The second-order valence-electron chi connectivity index (χ2n) is 4.50. The predicted octanol–water partition coefficient (Wildman–Crippen LogP) is 3.25. The molecule has 2 N–H and O–H groups in total. The molecule has 0 unspecified atom stereocenters. The zero-order valence-electron chi connectivity index (χ0n) is 11.2. The summed E-state index contributed by atoms with van der Waals surface area (Å²) in [6.45, 7) is 5.66. The quantitative estimate of drug-likeness (QED) is 0.834. The maximum Gasteiger partial charge on any atom is 0.237 e. The molecular weight excluding hydrogens is 238 g/mol. The molecule has 0 spiro atoms. The van der Waals surface area contributed by atoms with Crippen molar-refractivity contribution in [3.63, 3.8) is 0 Å². The number of rotatable bonds is 2. The zero-order chi connectivity index (χ0) is 14.0. The molecule has 0 bridgehead atoms. The Morgan fingerprint density at radius 2 is 1.89 bits per heavy atom. The molecule has 1 heterocycles. The van der Waals surface area contributed by atoms with Gasteiger partial charge in [-0.3, -0.25) is 0 Å². The minimum atomic E-state index is 0.328. The molecule has 0 aliphatic carbocycles. The normalized spacial score (nSPS) is 10.0. The highest BCUT2D eigenvalue weighted by Gasteiger charge is 2.12. The summed E-state index contributed by atoms with van der Waals surface area (Å²) in [5.74, 6) is 0.947. The van der Waals surface area contributed by atoms with Crippen molar-refractivity contribution >= 4 is 5.69 Å². The molecule has 1 aromatic heterocycles. The molecule has 0 aliphatic rings. The lowest BCUT2D eigenvalue weighted by Gasteiger charge is -2.11. The molecule has 19 heavy (non-hydrogen) atoms. The molecule has 4 nitrogen and oxygen atoms in total. The van der Waals surface area contributed by atoms with Crippen LogP contribution in [0, 0.1) is 32.1 Å². The van der Waals surface area contributed by atoms with Crippen molar-refractivity contribution < 1.29 is 4.74 Å². The summed E-state index contributed by atoms with van der Waals surface area (Å²) >= 11 is 0. The minimum absolute atomic E-state index is 0.328. The van der Waals surface area contributed by atoms with Gasteiger partial charge < -0.3 is 10.5 Å². The van der Waals surface area contributed by atoms with Gasteiger partial charge in [-0.2, -0.15) is 5.26 Å². The predicted molar refractivity (Wildman–Crippen MR) is 74.1 cm³/mol. The van der Waals surface area contributed by atoms with Gasteiger partial charge in [0.25, 0.3) is 0 Å². The van der Waals surface area contributed by atoms with Gasteiger partial charge in [0.1, 0.15) is 17.4 Å². The topological polar surface area (TPSA) is 71.9 Å². The molecule has 0 radical (unpaired) electrons. The number of nitrogens with zero attached hydrogens (tertiary/aromatic N) is 2. The smallest absolute Gasteiger partial charge is 0.237 e. The molecule has 0 aliphatic heterocycles. The average Bonchev–Trinajstić information content (AvgIpc) is 2.33. The number of nitriles is 1. The van der Waals surface area contributed by atoms with Crippen molar-refractivity contribution in [1.82, 2.24) is 4.98 Å². The molecule has 0 saturated heterocycles. The highest BCUT2D eigenvalue weighted by Crippen LogP contribution is 2.29. The summed E-state index contributed by atoms with van der Waals surface area (Å²) in [5, 5.41) is 9.20. The Morgan fingerprint density at radius 1 is 1.16 bits per heavy atom. The average molecular weight is 253 g/mol. The molecule has 1 aromatic carbocycles. The first-order chi connectivity index (χ1) is 9.01. The molecule has 0 fully saturated rings. The van der Waals surface area contributed by atoms with Gasteiger partial charge in [-0.05, 0) is 44.0 Å². The molecule has 4 heteroatoms. The fourth-order valence-corrected chi connectivity index (χ4v) is 1.84. The first-order valence-corrected chi connectivity index (χ1v) is 5.93. The summed E-state index contributed by atoms with van der Waals surface area (Å²) in [5.41, 5.74) is 9.42. The minimum Gasteiger partial charge on any atom is -0.437 e. The van der Waals surface area contributed by atoms with Gasteiger partial charge in [0.15, 0.2) is 0 Å². The molecule has 96 valence electrons. The maximum atomic E-state index is 9.20. The number of nitrogen functional groups attached to an aromatic ring is 1. The number of nitrogens with two attached hydrogens (primary N) is 1. The Hall–Kier alpha value is -2.54. The van der Waals surface area contributed by atoms with Gasteiger partial charge in [-0.25, -0.2) is 4.98 Å². The van der Waals surface area contributed by atoms with Crippen molar-refractivity contribution in [2.24, 2.45) is 0 Å². The second kappa shape index (κ2) is 4.99. The van der Waals surface area contributed by atoms with E-state index in [0.717, 1.165) is 16.8 Å². The van der Waals surface area contributed by atoms with Crippen LogP contribution in [-0.2, 0) is 0 Å². The van der Waals surface area contributed by atoms with Crippen LogP contribution in [0.15, 0.2) is 24.3 Å². The standard InChI is InChI=1S/C15H15N3O/c1-9-4-5-12(17)7-14(9)19-15-13(8-16)10(2)6-11(3)18-15/h4-7H,17H2,1-3H3. The van der Waals surface area contributed by atoms with Crippen molar-refractivity contribution in [3.8, 4) is 17.7 Å². The Balaban J connectivity index is 2.49. The third-order valence-electron chi connectivity index (χ3n) is 2.84. The van der Waals surface area contributed by atoms with Crippen LogP contribution in [0.4, 0.5) is 5.69 Å². The van der Waals surface area contributed by atoms with Crippen molar-refractivity contribution in [3.05, 3.63) is 46.6 Å². The maximum absolute atomic E-state index is 9.20. The van der Waals surface area contributed by atoms with Crippen LogP contribution in [0.2, 0.25) is 0 Å². The third kappa shape index (κ3) is 2.66. The first-order valence-electron chi connectivity index (χ1n) is 5.93. The Kier molecular flexibility index (Phi) is 3.39. The monoisotopic (exact) mass is 253 g/mol. The number of hydrogen-bond acceptors (Lipinski definition) is 4. The molecule has 0 atom stereocenters. The van der Waals surface area contributed by atoms with E-state index in [1.54, 1.807) is 6.07 Å². The van der Waals surface area contributed by atoms with E-state index >= 15 is 0 Å². The van der Waals surface area contributed by atoms with Crippen LogP contribution < -0.4 is 10.5 Å². The zero-order valence-corrected chi connectivity index (χ0v) is 11.2. The van der Waals surface area contributed by atoms with Gasteiger partial charge in [0.2, 0.25) is 5.88 Å². The van der Waals surface area contributed by atoms with E-state index in [4.69, 9.17) is 10.5 Å². The highest BCUT2D eigenvalue weighted by molar-refractivity contribution is 5.51. The van der Waals surface area contributed by atoms with Crippen LogP contribution in [0.5, 0.6) is 11.6 Å². The number of ether oxygens (including phenoxy) is 1. The lowest BCUT2D eigenvalue weighted by atomic mass is 10.1. The largest absolute Gasteiger partial charge is 0.437 e. The fraction of sp³-hybridized carbons (Fsp3) is 0.200. The number of pyridine rings is 1. The van der Waals surface area contributed by atoms with Gasteiger partial charge in [0.05, 0.1) is 0 Å². The van der Waals surface area contributed by atoms with Gasteiger partial charge in [-0.15, -0.1) is 0 Å². The van der Waals surface area contributed by atoms with E-state index in [1.165, 1.54) is 0 Å². The number of benzene rings is 1. The molecular formula is C15H15N3O. The lowest BCUT2D eigenvalue weighted by Crippen LogP contribution is -1.98. The lowest BCUT2D eigenvalue weighted by molar-refractivity contribution is 0.456. The van der Waals surface area contributed by atoms with Crippen LogP contribution in [0.25, 0.3) is 0 Å². The molecule has 2 rings (SSSR count). The van der Waals surface area contributed by atoms with E-state index in [2.05, 4.69) is 11.1 Å². The molecule has 2 aromatic rings. The SMILES string of the molecule is Cc1cc(C)c(C#N)c(Oc2cc(N)ccc2C)n1. The van der Waals surface area contributed by atoms with Crippen LogP contribution in [0.1, 0.15) is 22.4 Å². The van der Waals surface area contributed by atoms with Crippen molar-refractivity contribution in [2.45, 2.75) is 20.8 Å².